The molecule has 4 nitrogen and oxygen atoms in total. The molecule has 8 heteroatoms. The summed E-state index contributed by atoms with van der Waals surface area (Å²) in [5.41, 5.74) is 0. The number of carbonyl (C=O) groups is 2. The van der Waals surface area contributed by atoms with Crippen LogP contribution in [0, 0.1) is 23.7 Å². The first kappa shape index (κ1) is 15.3. The lowest BCUT2D eigenvalue weighted by molar-refractivity contribution is -0.346. The lowest BCUT2D eigenvalue weighted by Gasteiger charge is -2.33. The molecule has 0 aromatic heterocycles. The van der Waals surface area contributed by atoms with E-state index in [1.54, 1.807) is 0 Å². The number of carboxylic acid groups (broad SMARTS) is 1. The van der Waals surface area contributed by atoms with E-state index >= 15 is 0 Å². The highest BCUT2D eigenvalue weighted by molar-refractivity contribution is 5.88. The zero-order valence-electron chi connectivity index (χ0n) is 11.3. The fourth-order valence-corrected chi connectivity index (χ4v) is 4.10. The van der Waals surface area contributed by atoms with Gasteiger partial charge in [0.25, 0.3) is 0 Å². The van der Waals surface area contributed by atoms with E-state index in [1.165, 1.54) is 0 Å². The van der Waals surface area contributed by atoms with Gasteiger partial charge in [-0.25, -0.2) is 4.79 Å². The molecule has 2 bridgehead atoms. The second-order valence-electron chi connectivity index (χ2n) is 6.18. The lowest BCUT2D eigenvalue weighted by Crippen LogP contribution is -2.58. The van der Waals surface area contributed by atoms with E-state index in [2.05, 4.69) is 10.8 Å². The quantitative estimate of drug-likeness (QED) is 0.443. The van der Waals surface area contributed by atoms with Crippen molar-refractivity contribution >= 4 is 11.9 Å². The highest BCUT2D eigenvalue weighted by Gasteiger charge is 2.65. The third kappa shape index (κ3) is 1.95. The zero-order valence-corrected chi connectivity index (χ0v) is 11.3. The molecule has 0 amide bonds. The number of aliphatic carboxylic acids is 1. The first-order chi connectivity index (χ1) is 10.2. The maximum atomic E-state index is 13.4. The predicted octanol–water partition coefficient (Wildman–Crippen LogP) is 1.15. The molecule has 0 N–H and O–H groups in total. The summed E-state index contributed by atoms with van der Waals surface area (Å²) in [5, 5.41) is 10.1. The molecule has 3 rings (SSSR count). The largest absolute Gasteiger partial charge is 0.544 e. The Balaban J connectivity index is 1.70. The van der Waals surface area contributed by atoms with Gasteiger partial charge in [0.2, 0.25) is 0 Å². The third-order valence-electron chi connectivity index (χ3n) is 5.11. The molecular weight excluding hydrogens is 308 g/mol. The summed E-state index contributed by atoms with van der Waals surface area (Å²) in [4.78, 5) is 21.5. The van der Waals surface area contributed by atoms with Gasteiger partial charge in [0.05, 0.1) is 0 Å². The van der Waals surface area contributed by atoms with Gasteiger partial charge >= 0.3 is 17.8 Å². The molecule has 0 heterocycles. The first-order valence-electron chi connectivity index (χ1n) is 7.01. The van der Waals surface area contributed by atoms with Crippen molar-refractivity contribution in [2.24, 2.45) is 23.7 Å². The van der Waals surface area contributed by atoms with Crippen molar-refractivity contribution in [2.75, 3.05) is 0 Å². The Hall–Kier alpha value is -1.60. The summed E-state index contributed by atoms with van der Waals surface area (Å²) < 4.78 is 57.1. The lowest BCUT2D eigenvalue weighted by atomic mass is 9.80. The van der Waals surface area contributed by atoms with Crippen LogP contribution in [0.25, 0.3) is 0 Å². The molecule has 0 saturated heterocycles. The molecule has 2 saturated carbocycles. The Bertz CT molecular complexity index is 545. The van der Waals surface area contributed by atoms with E-state index in [4.69, 9.17) is 0 Å². The van der Waals surface area contributed by atoms with Gasteiger partial charge in [-0.2, -0.15) is 17.6 Å². The van der Waals surface area contributed by atoms with Crippen molar-refractivity contribution in [3.8, 4) is 0 Å². The Kier molecular flexibility index (Phi) is 3.27. The summed E-state index contributed by atoms with van der Waals surface area (Å²) in [7, 11) is 0. The van der Waals surface area contributed by atoms with Gasteiger partial charge in [-0.3, -0.25) is 0 Å². The molecule has 2 fully saturated rings. The van der Waals surface area contributed by atoms with Crippen LogP contribution in [-0.4, -0.2) is 29.9 Å². The van der Waals surface area contributed by atoms with Crippen LogP contribution in [0.2, 0.25) is 0 Å². The topological polar surface area (TPSA) is 66.4 Å². The Morgan fingerprint density at radius 1 is 1.09 bits per heavy atom. The zero-order chi connectivity index (χ0) is 16.3. The number of halogens is 4. The maximum absolute atomic E-state index is 13.4. The van der Waals surface area contributed by atoms with Crippen LogP contribution < -0.4 is 5.11 Å². The summed E-state index contributed by atoms with van der Waals surface area (Å²) in [5.74, 6) is -16.3. The van der Waals surface area contributed by atoms with Crippen molar-refractivity contribution in [2.45, 2.75) is 37.2 Å². The van der Waals surface area contributed by atoms with E-state index in [0.717, 1.165) is 6.42 Å². The number of carbonyl (C=O) groups excluding carboxylic acids is 2. The minimum atomic E-state index is -5.60. The van der Waals surface area contributed by atoms with Crippen LogP contribution in [-0.2, 0) is 14.3 Å². The van der Waals surface area contributed by atoms with Gasteiger partial charge in [-0.05, 0) is 42.9 Å². The average molecular weight is 321 g/mol. The Labute approximate surface area is 123 Å². The molecule has 0 aromatic rings. The summed E-state index contributed by atoms with van der Waals surface area (Å²) >= 11 is 0. The number of esters is 1. The molecule has 0 aromatic carbocycles. The van der Waals surface area contributed by atoms with E-state index < -0.39 is 29.9 Å². The van der Waals surface area contributed by atoms with Gasteiger partial charge < -0.3 is 14.6 Å². The number of allylic oxidation sites excluding steroid dienone is 2. The van der Waals surface area contributed by atoms with Gasteiger partial charge in [0.15, 0.2) is 0 Å². The normalized spacial score (nSPS) is 36.5. The van der Waals surface area contributed by atoms with Gasteiger partial charge in [0, 0.05) is 0 Å². The average Bonchev–Trinajstić information content (AvgIpc) is 3.09. The monoisotopic (exact) mass is 321 g/mol. The van der Waals surface area contributed by atoms with E-state index in [9.17, 15) is 32.3 Å². The molecule has 0 aliphatic heterocycles. The molecule has 22 heavy (non-hydrogen) atoms. The minimum Gasteiger partial charge on any atom is -0.544 e. The Morgan fingerprint density at radius 2 is 1.77 bits per heavy atom. The van der Waals surface area contributed by atoms with Crippen LogP contribution in [0.1, 0.15) is 19.3 Å². The number of ether oxygens (including phenoxy) is 1. The fourth-order valence-electron chi connectivity index (χ4n) is 4.10. The number of hydrogen-bond donors (Lipinski definition) is 0. The molecule has 3 aliphatic carbocycles. The van der Waals surface area contributed by atoms with Gasteiger partial charge in [-0.1, -0.05) is 12.2 Å². The van der Waals surface area contributed by atoms with E-state index in [1.807, 2.05) is 6.08 Å². The molecule has 5 unspecified atom stereocenters. The van der Waals surface area contributed by atoms with Crippen molar-refractivity contribution < 1.29 is 37.0 Å². The number of fused-ring (bicyclic) bond motifs is 5. The number of carboxylic acids is 1. The third-order valence-corrected chi connectivity index (χ3v) is 5.11. The molecule has 122 valence electrons. The smallest absolute Gasteiger partial charge is 0.410 e. The minimum absolute atomic E-state index is 0.138. The van der Waals surface area contributed by atoms with Crippen LogP contribution >= 0.6 is 0 Å². The molecule has 5 atom stereocenters. The molecule has 0 spiro atoms. The van der Waals surface area contributed by atoms with Gasteiger partial charge in [0.1, 0.15) is 12.1 Å². The highest BCUT2D eigenvalue weighted by Crippen LogP contribution is 2.57. The first-order valence-corrected chi connectivity index (χ1v) is 7.01. The van der Waals surface area contributed by atoms with Crippen LogP contribution in [0.3, 0.4) is 0 Å². The van der Waals surface area contributed by atoms with Crippen LogP contribution in [0.5, 0.6) is 0 Å². The summed E-state index contributed by atoms with van der Waals surface area (Å²) in [6.07, 6.45) is 4.99. The van der Waals surface area contributed by atoms with Crippen LogP contribution in [0.4, 0.5) is 17.6 Å². The van der Waals surface area contributed by atoms with Crippen LogP contribution in [0.15, 0.2) is 12.2 Å². The second kappa shape index (κ2) is 4.70. The van der Waals surface area contributed by atoms with Crippen molar-refractivity contribution in [3.63, 3.8) is 0 Å². The SMILES string of the molecule is O=C([O-])C(F)(F)C(F)(F)C(=O)OC1CC2CC1C1CC=CC21. The molecular formula is C14H13F4O4-. The standard InChI is InChI=1S/C14H14F4O4/c15-13(16,11(19)20)14(17,18)12(21)22-10-5-6-4-9(10)8-3-1-2-7(6)8/h1-2,6-10H,3-5H2,(H,19,20)/p-1. The maximum Gasteiger partial charge on any atom is 0.410 e. The fraction of sp³-hybridized carbons (Fsp3) is 0.714. The van der Waals surface area contributed by atoms with E-state index in [-0.39, 0.29) is 17.8 Å². The summed E-state index contributed by atoms with van der Waals surface area (Å²) in [6.45, 7) is 0. The van der Waals surface area contributed by atoms with Crippen molar-refractivity contribution in [1.82, 2.24) is 0 Å². The highest BCUT2D eigenvalue weighted by atomic mass is 19.3. The summed E-state index contributed by atoms with van der Waals surface area (Å²) in [6, 6.07) is 0. The predicted molar refractivity (Wildman–Crippen MR) is 61.7 cm³/mol. The van der Waals surface area contributed by atoms with Crippen molar-refractivity contribution in [3.05, 3.63) is 12.2 Å². The molecule has 3 aliphatic rings. The van der Waals surface area contributed by atoms with Crippen molar-refractivity contribution in [1.29, 1.82) is 0 Å². The number of alkyl halides is 4. The Morgan fingerprint density at radius 3 is 2.41 bits per heavy atom. The molecule has 0 radical (unpaired) electrons. The van der Waals surface area contributed by atoms with E-state index in [0.29, 0.717) is 18.8 Å². The number of rotatable bonds is 4. The second-order valence-corrected chi connectivity index (χ2v) is 6.18. The number of hydrogen-bond acceptors (Lipinski definition) is 4. The van der Waals surface area contributed by atoms with Gasteiger partial charge in [-0.15, -0.1) is 0 Å².